The van der Waals surface area contributed by atoms with Gasteiger partial charge in [-0.3, -0.25) is 9.69 Å². The monoisotopic (exact) mass is 438 g/mol. The number of halogens is 1. The lowest BCUT2D eigenvalue weighted by Crippen LogP contribution is -2.40. The number of ether oxygens (including phenoxy) is 1. The van der Waals surface area contributed by atoms with Crippen LogP contribution in [0.2, 0.25) is 5.02 Å². The first-order valence-electron chi connectivity index (χ1n) is 10.9. The van der Waals surface area contributed by atoms with Crippen LogP contribution >= 0.6 is 11.6 Å². The molecular weight excluding hydrogens is 412 g/mol. The average molecular weight is 439 g/mol. The van der Waals surface area contributed by atoms with E-state index in [2.05, 4.69) is 23.1 Å². The van der Waals surface area contributed by atoms with Crippen molar-refractivity contribution in [3.05, 3.63) is 70.1 Å². The van der Waals surface area contributed by atoms with Crippen LogP contribution in [0.3, 0.4) is 0 Å². The predicted molar refractivity (Wildman–Crippen MR) is 120 cm³/mol. The third kappa shape index (κ3) is 4.07. The number of methoxy groups -OCH3 is 1. The molecule has 2 aromatic heterocycles. The van der Waals surface area contributed by atoms with Gasteiger partial charge >= 0.3 is 0 Å². The number of carbonyl (C=O) groups is 1. The minimum absolute atomic E-state index is 0.00961. The number of aromatic nitrogens is 2. The van der Waals surface area contributed by atoms with E-state index in [1.54, 1.807) is 7.11 Å². The Labute approximate surface area is 187 Å². The van der Waals surface area contributed by atoms with Gasteiger partial charge in [0.2, 0.25) is 0 Å². The third-order valence-corrected chi connectivity index (χ3v) is 6.69. The Balaban J connectivity index is 1.48. The molecule has 0 aliphatic carbocycles. The van der Waals surface area contributed by atoms with Crippen molar-refractivity contribution in [2.45, 2.75) is 38.5 Å². The molecule has 5 rings (SSSR count). The van der Waals surface area contributed by atoms with Crippen LogP contribution in [-0.2, 0) is 24.2 Å². The van der Waals surface area contributed by atoms with Crippen molar-refractivity contribution in [2.75, 3.05) is 26.7 Å². The second-order valence-electron chi connectivity index (χ2n) is 8.46. The minimum Gasteiger partial charge on any atom is -0.380 e. The van der Waals surface area contributed by atoms with E-state index in [0.717, 1.165) is 43.7 Å². The molecule has 1 saturated heterocycles. The van der Waals surface area contributed by atoms with Gasteiger partial charge in [-0.1, -0.05) is 35.9 Å². The molecule has 6 nitrogen and oxygen atoms in total. The number of amides is 1. The molecule has 0 bridgehead atoms. The first-order chi connectivity index (χ1) is 15.1. The summed E-state index contributed by atoms with van der Waals surface area (Å²) in [5, 5.41) is 0.630. The summed E-state index contributed by atoms with van der Waals surface area (Å²) in [6.45, 7) is 3.82. The second kappa shape index (κ2) is 8.61. The van der Waals surface area contributed by atoms with E-state index < -0.39 is 0 Å². The molecular formula is C24H27ClN4O2. The molecule has 1 fully saturated rings. The van der Waals surface area contributed by atoms with Crippen LogP contribution in [0.1, 0.15) is 40.2 Å². The maximum atomic E-state index is 13.6. The van der Waals surface area contributed by atoms with E-state index in [4.69, 9.17) is 21.3 Å². The van der Waals surface area contributed by atoms with Crippen LogP contribution in [0.25, 0.3) is 5.65 Å². The van der Waals surface area contributed by atoms with Gasteiger partial charge in [-0.15, -0.1) is 0 Å². The molecule has 1 amide bonds. The van der Waals surface area contributed by atoms with Crippen molar-refractivity contribution in [1.82, 2.24) is 19.2 Å². The summed E-state index contributed by atoms with van der Waals surface area (Å²) in [5.41, 5.74) is 4.72. The van der Waals surface area contributed by atoms with Gasteiger partial charge in [0.05, 0.1) is 16.8 Å². The van der Waals surface area contributed by atoms with Gasteiger partial charge in [0.15, 0.2) is 5.69 Å². The minimum atomic E-state index is -0.00961. The topological polar surface area (TPSA) is 50.1 Å². The van der Waals surface area contributed by atoms with Gasteiger partial charge in [0, 0.05) is 39.5 Å². The largest absolute Gasteiger partial charge is 0.380 e. The lowest BCUT2D eigenvalue weighted by Gasteiger charge is -2.32. The third-order valence-electron chi connectivity index (χ3n) is 6.47. The first kappa shape index (κ1) is 20.5. The van der Waals surface area contributed by atoms with Crippen LogP contribution in [0.15, 0.2) is 42.6 Å². The highest BCUT2D eigenvalue weighted by Crippen LogP contribution is 2.25. The van der Waals surface area contributed by atoms with Gasteiger partial charge in [0.1, 0.15) is 5.65 Å². The molecule has 0 spiro atoms. The zero-order valence-corrected chi connectivity index (χ0v) is 18.5. The molecule has 2 aliphatic rings. The van der Waals surface area contributed by atoms with Crippen LogP contribution in [0, 0.1) is 0 Å². The molecule has 0 radical (unpaired) electrons. The quantitative estimate of drug-likeness (QED) is 0.621. The summed E-state index contributed by atoms with van der Waals surface area (Å²) in [5.74, 6) is -0.00961. The number of rotatable bonds is 4. The van der Waals surface area contributed by atoms with Crippen molar-refractivity contribution in [3.63, 3.8) is 0 Å². The number of pyridine rings is 1. The number of hydrogen-bond donors (Lipinski definition) is 0. The van der Waals surface area contributed by atoms with Crippen LogP contribution in [0.5, 0.6) is 0 Å². The van der Waals surface area contributed by atoms with Gasteiger partial charge in [-0.05, 0) is 49.1 Å². The zero-order valence-electron chi connectivity index (χ0n) is 17.8. The highest BCUT2D eigenvalue weighted by atomic mass is 35.5. The highest BCUT2D eigenvalue weighted by Gasteiger charge is 2.29. The van der Waals surface area contributed by atoms with Gasteiger partial charge < -0.3 is 14.0 Å². The number of nitrogens with zero attached hydrogens (tertiary/aromatic N) is 4. The molecule has 1 aromatic carbocycles. The molecule has 4 heterocycles. The number of likely N-dealkylation sites (tertiary alicyclic amines) is 1. The number of fused-ring (bicyclic) bond motifs is 2. The van der Waals surface area contributed by atoms with E-state index in [9.17, 15) is 4.79 Å². The Morgan fingerprint density at radius 1 is 1.19 bits per heavy atom. The van der Waals surface area contributed by atoms with E-state index in [0.29, 0.717) is 30.4 Å². The molecule has 0 saturated carbocycles. The molecule has 2 aliphatic heterocycles. The number of piperidine rings is 1. The molecule has 1 atom stereocenters. The number of carbonyl (C=O) groups excluding carboxylic acids is 1. The Morgan fingerprint density at radius 3 is 2.87 bits per heavy atom. The van der Waals surface area contributed by atoms with Crippen molar-refractivity contribution >= 4 is 23.2 Å². The average Bonchev–Trinajstić information content (AvgIpc) is 3.15. The molecule has 0 N–H and O–H groups in total. The fourth-order valence-electron chi connectivity index (χ4n) is 4.77. The lowest BCUT2D eigenvalue weighted by atomic mass is 9.99. The fraction of sp³-hybridized carbons (Fsp3) is 0.417. The number of benzene rings is 1. The Bertz CT molecular complexity index is 1110. The Morgan fingerprint density at radius 2 is 2.03 bits per heavy atom. The summed E-state index contributed by atoms with van der Waals surface area (Å²) >= 11 is 6.30. The molecule has 3 aromatic rings. The van der Waals surface area contributed by atoms with Crippen LogP contribution in [0.4, 0.5) is 0 Å². The van der Waals surface area contributed by atoms with Crippen molar-refractivity contribution in [2.24, 2.45) is 0 Å². The van der Waals surface area contributed by atoms with E-state index >= 15 is 0 Å². The summed E-state index contributed by atoms with van der Waals surface area (Å²) in [6, 6.07) is 12.1. The summed E-state index contributed by atoms with van der Waals surface area (Å²) in [6.07, 6.45) is 5.12. The van der Waals surface area contributed by atoms with Crippen molar-refractivity contribution in [1.29, 1.82) is 0 Å². The molecule has 162 valence electrons. The second-order valence-corrected chi connectivity index (χ2v) is 8.90. The van der Waals surface area contributed by atoms with Crippen LogP contribution < -0.4 is 0 Å². The van der Waals surface area contributed by atoms with Gasteiger partial charge in [-0.25, -0.2) is 4.98 Å². The fourth-order valence-corrected chi connectivity index (χ4v) is 4.93. The number of hydrogen-bond acceptors (Lipinski definition) is 4. The summed E-state index contributed by atoms with van der Waals surface area (Å²) < 4.78 is 7.57. The highest BCUT2D eigenvalue weighted by molar-refractivity contribution is 6.30. The summed E-state index contributed by atoms with van der Waals surface area (Å²) in [7, 11) is 1.77. The van der Waals surface area contributed by atoms with Crippen molar-refractivity contribution < 1.29 is 9.53 Å². The van der Waals surface area contributed by atoms with Gasteiger partial charge in [-0.2, -0.15) is 0 Å². The van der Waals surface area contributed by atoms with Crippen molar-refractivity contribution in [3.8, 4) is 0 Å². The Kier molecular flexibility index (Phi) is 5.69. The molecule has 0 unspecified atom stereocenters. The SMILES string of the molecule is CO[C@H]1CCCN(Cc2c(C(=O)N3CCc4ccccc4C3)nc3ccc(Cl)cn23)C1. The standard InChI is InChI=1S/C24H27ClN4O2/c1-31-20-7-4-11-27(15-20)16-21-23(26-22-9-8-19(25)14-29(21)22)24(30)28-12-10-17-5-2-3-6-18(17)13-28/h2-3,5-6,8-9,14,20H,4,7,10-13,15-16H2,1H3/t20-/m0/s1. The maximum Gasteiger partial charge on any atom is 0.274 e. The number of imidazole rings is 1. The first-order valence-corrected chi connectivity index (χ1v) is 11.3. The Hall–Kier alpha value is -2.41. The smallest absolute Gasteiger partial charge is 0.274 e. The predicted octanol–water partition coefficient (Wildman–Crippen LogP) is 3.80. The van der Waals surface area contributed by atoms with Crippen LogP contribution in [-0.4, -0.2) is 57.9 Å². The van der Waals surface area contributed by atoms with E-state index in [-0.39, 0.29) is 12.0 Å². The maximum absolute atomic E-state index is 13.6. The zero-order chi connectivity index (χ0) is 21.4. The van der Waals surface area contributed by atoms with Gasteiger partial charge in [0.25, 0.3) is 5.91 Å². The lowest BCUT2D eigenvalue weighted by molar-refractivity contribution is 0.0279. The summed E-state index contributed by atoms with van der Waals surface area (Å²) in [4.78, 5) is 22.6. The normalized spacial score (nSPS) is 19.5. The molecule has 7 heteroatoms. The van der Waals surface area contributed by atoms with E-state index in [1.165, 1.54) is 11.1 Å². The van der Waals surface area contributed by atoms with E-state index in [1.807, 2.05) is 33.7 Å². The molecule has 31 heavy (non-hydrogen) atoms.